The number of halogens is 8. The molecule has 1 aliphatic carbocycles. The minimum Gasteiger partial charge on any atom is -0.481 e. The van der Waals surface area contributed by atoms with Crippen molar-refractivity contribution in [3.8, 4) is 16.9 Å². The maximum absolute atomic E-state index is 14.7. The third-order valence-corrected chi connectivity index (χ3v) is 5.60. The lowest BCUT2D eigenvalue weighted by Crippen LogP contribution is -2.42. The molecule has 180 valence electrons. The summed E-state index contributed by atoms with van der Waals surface area (Å²) in [6, 6.07) is 5.60. The van der Waals surface area contributed by atoms with Crippen molar-refractivity contribution in [3.63, 3.8) is 0 Å². The van der Waals surface area contributed by atoms with Gasteiger partial charge in [-0.25, -0.2) is 13.2 Å². The van der Waals surface area contributed by atoms with Crippen LogP contribution in [0.2, 0.25) is 0 Å². The summed E-state index contributed by atoms with van der Waals surface area (Å²) < 4.78 is 110. The van der Waals surface area contributed by atoms with Crippen LogP contribution in [-0.2, 0) is 0 Å². The Balaban J connectivity index is 0.00000272. The lowest BCUT2D eigenvalue weighted by Gasteiger charge is -2.26. The molecule has 2 aromatic carbocycles. The highest BCUT2D eigenvalue weighted by atomic mass is 19.4. The van der Waals surface area contributed by atoms with E-state index in [2.05, 4.69) is 11.7 Å². The third-order valence-electron chi connectivity index (χ3n) is 5.60. The Bertz CT molecular complexity index is 914. The normalized spacial score (nSPS) is 19.4. The Morgan fingerprint density at radius 2 is 1.44 bits per heavy atom. The van der Waals surface area contributed by atoms with E-state index in [1.54, 1.807) is 6.07 Å². The standard InChI is InChI=1S/C22H20F8O.CH4.H2/c1-12-2-4-13(5-3-12)14-6-7-16(17(23)8-14)15-9-18(24)20(19(25)10-15)31-11-21(26,27)22(28,29)30;;/h6-10,12-13H,2-5,11H2,1H3;1H4;1H. The van der Waals surface area contributed by atoms with Gasteiger partial charge in [-0.05, 0) is 54.0 Å². The summed E-state index contributed by atoms with van der Waals surface area (Å²) in [5, 5.41) is 0. The van der Waals surface area contributed by atoms with Crippen molar-refractivity contribution in [3.05, 3.63) is 53.3 Å². The van der Waals surface area contributed by atoms with Crippen LogP contribution in [-0.4, -0.2) is 18.7 Å². The van der Waals surface area contributed by atoms with Gasteiger partial charge < -0.3 is 4.74 Å². The van der Waals surface area contributed by atoms with Gasteiger partial charge in [0.1, 0.15) is 5.82 Å². The molecule has 32 heavy (non-hydrogen) atoms. The number of hydrogen-bond acceptors (Lipinski definition) is 1. The summed E-state index contributed by atoms with van der Waals surface area (Å²) in [5.41, 5.74) is 0.424. The van der Waals surface area contributed by atoms with E-state index in [9.17, 15) is 35.1 Å². The van der Waals surface area contributed by atoms with Gasteiger partial charge in [-0.3, -0.25) is 0 Å². The van der Waals surface area contributed by atoms with Crippen LogP contribution < -0.4 is 4.74 Å². The maximum Gasteiger partial charge on any atom is 0.456 e. The molecule has 9 heteroatoms. The molecule has 3 rings (SSSR count). The SMILES string of the molecule is C.CC1CCC(c2ccc(-c3cc(F)c(OCC(F)(F)C(F)(F)F)c(F)c3)c(F)c2)CC1.[HH]. The van der Waals surface area contributed by atoms with E-state index in [0.717, 1.165) is 31.2 Å². The second kappa shape index (κ2) is 9.67. The molecular formula is C23H26F8O. The molecule has 1 saturated carbocycles. The summed E-state index contributed by atoms with van der Waals surface area (Å²) in [6.07, 6.45) is -2.05. The molecular weight excluding hydrogens is 444 g/mol. The fourth-order valence-electron chi connectivity index (χ4n) is 3.71. The van der Waals surface area contributed by atoms with Crippen molar-refractivity contribution in [2.24, 2.45) is 5.92 Å². The summed E-state index contributed by atoms with van der Waals surface area (Å²) in [5.74, 6) is -9.62. The molecule has 0 atom stereocenters. The lowest BCUT2D eigenvalue weighted by molar-refractivity contribution is -0.290. The van der Waals surface area contributed by atoms with E-state index < -0.39 is 41.9 Å². The summed E-state index contributed by atoms with van der Waals surface area (Å²) >= 11 is 0. The number of alkyl halides is 5. The number of benzene rings is 2. The Labute approximate surface area is 182 Å². The van der Waals surface area contributed by atoms with Crippen molar-refractivity contribution in [2.45, 2.75) is 58.1 Å². The van der Waals surface area contributed by atoms with Crippen molar-refractivity contribution >= 4 is 0 Å². The quantitative estimate of drug-likeness (QED) is 0.398. The van der Waals surface area contributed by atoms with Crippen molar-refractivity contribution in [1.29, 1.82) is 0 Å². The van der Waals surface area contributed by atoms with E-state index >= 15 is 0 Å². The van der Waals surface area contributed by atoms with Gasteiger partial charge in [0.25, 0.3) is 0 Å². The zero-order chi connectivity index (χ0) is 23.0. The molecule has 1 nitrogen and oxygen atoms in total. The van der Waals surface area contributed by atoms with Gasteiger partial charge in [0.05, 0.1) is 0 Å². The molecule has 0 unspecified atom stereocenters. The Hall–Kier alpha value is -2.32. The van der Waals surface area contributed by atoms with Gasteiger partial charge >= 0.3 is 12.1 Å². The largest absolute Gasteiger partial charge is 0.481 e. The average Bonchev–Trinajstić information content (AvgIpc) is 2.66. The van der Waals surface area contributed by atoms with Crippen LogP contribution >= 0.6 is 0 Å². The van der Waals surface area contributed by atoms with E-state index in [1.807, 2.05) is 0 Å². The summed E-state index contributed by atoms with van der Waals surface area (Å²) in [6.45, 7) is -0.132. The number of rotatable bonds is 5. The van der Waals surface area contributed by atoms with Crippen molar-refractivity contribution in [1.82, 2.24) is 0 Å². The first kappa shape index (κ1) is 25.9. The molecule has 2 aromatic rings. The predicted octanol–water partition coefficient (Wildman–Crippen LogP) is 8.52. The highest BCUT2D eigenvalue weighted by molar-refractivity contribution is 5.66. The molecule has 0 saturated heterocycles. The van der Waals surface area contributed by atoms with Gasteiger partial charge in [0.2, 0.25) is 0 Å². The maximum atomic E-state index is 14.7. The second-order valence-corrected chi connectivity index (χ2v) is 7.96. The molecule has 0 heterocycles. The Kier molecular flexibility index (Phi) is 7.83. The van der Waals surface area contributed by atoms with Crippen LogP contribution in [0.1, 0.15) is 52.9 Å². The molecule has 1 fully saturated rings. The molecule has 0 radical (unpaired) electrons. The van der Waals surface area contributed by atoms with E-state index in [1.165, 1.54) is 12.1 Å². The van der Waals surface area contributed by atoms with E-state index in [-0.39, 0.29) is 25.9 Å². The van der Waals surface area contributed by atoms with E-state index in [4.69, 9.17) is 0 Å². The molecule has 0 N–H and O–H groups in total. The Morgan fingerprint density at radius 1 is 0.875 bits per heavy atom. The molecule has 0 amide bonds. The van der Waals surface area contributed by atoms with Crippen LogP contribution in [0, 0.1) is 23.4 Å². The molecule has 0 aliphatic heterocycles. The topological polar surface area (TPSA) is 9.23 Å². The fourth-order valence-corrected chi connectivity index (χ4v) is 3.71. The van der Waals surface area contributed by atoms with Gasteiger partial charge in [0, 0.05) is 6.99 Å². The van der Waals surface area contributed by atoms with Crippen LogP contribution in [0.3, 0.4) is 0 Å². The van der Waals surface area contributed by atoms with Crippen molar-refractivity contribution < 1.29 is 41.3 Å². The Morgan fingerprint density at radius 3 is 1.94 bits per heavy atom. The molecule has 0 aromatic heterocycles. The summed E-state index contributed by atoms with van der Waals surface area (Å²) in [7, 11) is 0. The first-order valence-corrected chi connectivity index (χ1v) is 9.75. The smallest absolute Gasteiger partial charge is 0.456 e. The van der Waals surface area contributed by atoms with Crippen LogP contribution in [0.4, 0.5) is 35.1 Å². The monoisotopic (exact) mass is 470 g/mol. The highest BCUT2D eigenvalue weighted by Crippen LogP contribution is 2.39. The average molecular weight is 470 g/mol. The van der Waals surface area contributed by atoms with Gasteiger partial charge in [-0.1, -0.05) is 39.3 Å². The zero-order valence-corrected chi connectivity index (χ0v) is 16.5. The molecule has 0 spiro atoms. The molecule has 0 bridgehead atoms. The molecule has 1 aliphatic rings. The first-order valence-electron chi connectivity index (χ1n) is 9.75. The van der Waals surface area contributed by atoms with Gasteiger partial charge in [-0.15, -0.1) is 0 Å². The number of ether oxygens (including phenoxy) is 1. The summed E-state index contributed by atoms with van der Waals surface area (Å²) in [4.78, 5) is 0. The van der Waals surface area contributed by atoms with Crippen LogP contribution in [0.25, 0.3) is 11.1 Å². The van der Waals surface area contributed by atoms with E-state index in [0.29, 0.717) is 18.1 Å². The number of hydrogen-bond donors (Lipinski definition) is 0. The van der Waals surface area contributed by atoms with Crippen molar-refractivity contribution in [2.75, 3.05) is 6.61 Å². The minimum atomic E-state index is -5.93. The lowest BCUT2D eigenvalue weighted by atomic mass is 9.79. The predicted molar refractivity (Wildman–Crippen MR) is 107 cm³/mol. The van der Waals surface area contributed by atoms with Gasteiger partial charge in [-0.2, -0.15) is 22.0 Å². The fraction of sp³-hybridized carbons (Fsp3) is 0.478. The highest BCUT2D eigenvalue weighted by Gasteiger charge is 2.58. The zero-order valence-electron chi connectivity index (χ0n) is 16.5. The third kappa shape index (κ3) is 5.53. The minimum absolute atomic E-state index is 0. The van der Waals surface area contributed by atoms with Crippen LogP contribution in [0.15, 0.2) is 30.3 Å². The van der Waals surface area contributed by atoms with Gasteiger partial charge in [0.15, 0.2) is 24.0 Å². The van der Waals surface area contributed by atoms with Crippen LogP contribution in [0.5, 0.6) is 5.75 Å². The first-order chi connectivity index (χ1) is 14.4. The second-order valence-electron chi connectivity index (χ2n) is 7.96.